The van der Waals surface area contributed by atoms with Gasteiger partial charge in [0.2, 0.25) is 0 Å². The summed E-state index contributed by atoms with van der Waals surface area (Å²) in [5, 5.41) is 3.32. The number of hydrogen-bond acceptors (Lipinski definition) is 5. The number of thiazole rings is 1. The molecule has 1 aliphatic heterocycles. The predicted molar refractivity (Wildman–Crippen MR) is 111 cm³/mol. The number of nitrogens with one attached hydrogen (secondary N) is 1. The van der Waals surface area contributed by atoms with E-state index in [1.165, 1.54) is 23.6 Å². The number of fused-ring (bicyclic) bond motifs is 1. The first-order chi connectivity index (χ1) is 14.2. The number of carbonyl (C=O) groups is 1. The molecule has 1 aliphatic rings. The first-order valence-electron chi connectivity index (χ1n) is 9.44. The van der Waals surface area contributed by atoms with Gasteiger partial charge in [0.25, 0.3) is 0 Å². The van der Waals surface area contributed by atoms with Crippen LogP contribution < -0.4 is 10.2 Å². The molecule has 3 aromatic rings. The number of nitrogens with zero attached hydrogens (tertiary/aromatic N) is 4. The maximum absolute atomic E-state index is 13.3. The number of anilines is 2. The Kier molecular flexibility index (Phi) is 5.27. The van der Waals surface area contributed by atoms with E-state index < -0.39 is 11.7 Å². The number of carbonyl (C=O) groups excluding carboxylic acids is 1. The first kappa shape index (κ1) is 20.4. The van der Waals surface area contributed by atoms with Crippen LogP contribution in [0.15, 0.2) is 36.5 Å². The minimum absolute atomic E-state index is 0.0987. The van der Waals surface area contributed by atoms with Crippen molar-refractivity contribution in [3.63, 3.8) is 0 Å². The van der Waals surface area contributed by atoms with Gasteiger partial charge in [-0.2, -0.15) is 13.2 Å². The topological polar surface area (TPSA) is 61.4 Å². The summed E-state index contributed by atoms with van der Waals surface area (Å²) in [6.45, 7) is 4.60. The monoisotopic (exact) mass is 435 g/mol. The normalized spacial score (nSPS) is 17.4. The Balaban J connectivity index is 1.46. The van der Waals surface area contributed by atoms with Gasteiger partial charge >= 0.3 is 12.2 Å². The van der Waals surface area contributed by atoms with E-state index in [-0.39, 0.29) is 37.5 Å². The molecule has 1 fully saturated rings. The molecule has 1 atom stereocenters. The zero-order chi connectivity index (χ0) is 21.5. The zero-order valence-corrected chi connectivity index (χ0v) is 17.2. The maximum Gasteiger partial charge on any atom is 0.419 e. The molecule has 0 radical (unpaired) electrons. The number of alkyl halides is 3. The summed E-state index contributed by atoms with van der Waals surface area (Å²) in [7, 11) is 0. The number of hydrogen-bond donors (Lipinski definition) is 1. The molecule has 0 spiro atoms. The Hall–Kier alpha value is -2.88. The van der Waals surface area contributed by atoms with Crippen molar-refractivity contribution in [2.75, 3.05) is 29.9 Å². The van der Waals surface area contributed by atoms with Gasteiger partial charge < -0.3 is 9.80 Å². The molecule has 0 aliphatic carbocycles. The summed E-state index contributed by atoms with van der Waals surface area (Å²) in [4.78, 5) is 24.3. The summed E-state index contributed by atoms with van der Waals surface area (Å²) < 4.78 is 40.9. The quantitative estimate of drug-likeness (QED) is 0.631. The van der Waals surface area contributed by atoms with Crippen molar-refractivity contribution in [1.82, 2.24) is 14.9 Å². The largest absolute Gasteiger partial charge is 0.419 e. The number of amides is 2. The lowest BCUT2D eigenvalue weighted by molar-refractivity contribution is -0.137. The molecule has 30 heavy (non-hydrogen) atoms. The highest BCUT2D eigenvalue weighted by molar-refractivity contribution is 7.22. The van der Waals surface area contributed by atoms with Gasteiger partial charge in [-0.05, 0) is 43.7 Å². The van der Waals surface area contributed by atoms with E-state index in [9.17, 15) is 18.0 Å². The summed E-state index contributed by atoms with van der Waals surface area (Å²) in [5.74, 6) is -0.0987. The third kappa shape index (κ3) is 4.04. The van der Waals surface area contributed by atoms with Crippen molar-refractivity contribution < 1.29 is 18.0 Å². The van der Waals surface area contributed by atoms with Crippen LogP contribution >= 0.6 is 11.3 Å². The van der Waals surface area contributed by atoms with Crippen LogP contribution in [0.2, 0.25) is 0 Å². The lowest BCUT2D eigenvalue weighted by atomic mass is 10.1. The first-order valence-corrected chi connectivity index (χ1v) is 10.3. The average Bonchev–Trinajstić information content (AvgIpc) is 3.08. The number of halogens is 3. The maximum atomic E-state index is 13.3. The highest BCUT2D eigenvalue weighted by Gasteiger charge is 2.37. The number of urea groups is 1. The molecule has 3 heterocycles. The molecule has 1 N–H and O–H groups in total. The van der Waals surface area contributed by atoms with Crippen molar-refractivity contribution in [3.05, 3.63) is 47.7 Å². The number of aromatic nitrogens is 2. The molecule has 0 saturated carbocycles. The van der Waals surface area contributed by atoms with E-state index in [1.807, 2.05) is 32.0 Å². The Morgan fingerprint density at radius 3 is 2.80 bits per heavy atom. The third-order valence-corrected chi connectivity index (χ3v) is 5.97. The molecule has 2 amide bonds. The van der Waals surface area contributed by atoms with Crippen molar-refractivity contribution >= 4 is 38.5 Å². The Morgan fingerprint density at radius 2 is 2.07 bits per heavy atom. The molecule has 6 nitrogen and oxygen atoms in total. The van der Waals surface area contributed by atoms with Crippen LogP contribution in [0, 0.1) is 6.92 Å². The second-order valence-electron chi connectivity index (χ2n) is 7.28. The molecule has 10 heteroatoms. The molecule has 0 unspecified atom stereocenters. The van der Waals surface area contributed by atoms with Gasteiger partial charge in [-0.3, -0.25) is 5.32 Å². The summed E-state index contributed by atoms with van der Waals surface area (Å²) in [6, 6.07) is 7.58. The smallest absolute Gasteiger partial charge is 0.352 e. The van der Waals surface area contributed by atoms with Crippen LogP contribution in [0.25, 0.3) is 10.2 Å². The molecule has 1 aromatic carbocycles. The molecular weight excluding hydrogens is 415 g/mol. The van der Waals surface area contributed by atoms with Crippen LogP contribution in [0.3, 0.4) is 0 Å². The minimum atomic E-state index is -4.48. The van der Waals surface area contributed by atoms with E-state index >= 15 is 0 Å². The van der Waals surface area contributed by atoms with Crippen LogP contribution in [-0.2, 0) is 6.18 Å². The van der Waals surface area contributed by atoms with Crippen LogP contribution in [0.4, 0.5) is 28.9 Å². The average molecular weight is 435 g/mol. The van der Waals surface area contributed by atoms with Gasteiger partial charge in [-0.1, -0.05) is 17.4 Å². The fraction of sp³-hybridized carbons (Fsp3) is 0.350. The standard InChI is InChI=1S/C20H20F3N5OS/c1-12-5-6-15-16(10-12)30-18(25-15)26-19(29)28-9-8-27(11-13(28)2)17-14(20(21,22)23)4-3-7-24-17/h3-7,10,13H,8-9,11H2,1-2H3,(H,25,26,29)/t13-/m1/s1. The summed E-state index contributed by atoms with van der Waals surface area (Å²) in [6.07, 6.45) is -3.13. The van der Waals surface area contributed by atoms with Gasteiger partial charge in [0.05, 0.1) is 15.8 Å². The van der Waals surface area contributed by atoms with Crippen molar-refractivity contribution in [1.29, 1.82) is 0 Å². The van der Waals surface area contributed by atoms with Gasteiger partial charge in [0, 0.05) is 31.9 Å². The fourth-order valence-electron chi connectivity index (χ4n) is 3.57. The number of rotatable bonds is 2. The van der Waals surface area contributed by atoms with Gasteiger partial charge in [-0.15, -0.1) is 0 Å². The van der Waals surface area contributed by atoms with Crippen molar-refractivity contribution in [3.8, 4) is 0 Å². The highest BCUT2D eigenvalue weighted by atomic mass is 32.1. The van der Waals surface area contributed by atoms with E-state index in [1.54, 1.807) is 9.80 Å². The molecular formula is C20H20F3N5OS. The summed E-state index contributed by atoms with van der Waals surface area (Å²) in [5.41, 5.74) is 1.16. The van der Waals surface area contributed by atoms with Crippen molar-refractivity contribution in [2.24, 2.45) is 0 Å². The second kappa shape index (κ2) is 7.75. The molecule has 4 rings (SSSR count). The molecule has 0 bridgehead atoms. The van der Waals surface area contributed by atoms with E-state index in [0.29, 0.717) is 5.13 Å². The van der Waals surface area contributed by atoms with E-state index in [4.69, 9.17) is 0 Å². The van der Waals surface area contributed by atoms with E-state index in [0.717, 1.165) is 21.8 Å². The SMILES string of the molecule is Cc1ccc2nc(NC(=O)N3CCN(c4ncccc4C(F)(F)F)C[C@H]3C)sc2c1. The third-order valence-electron chi connectivity index (χ3n) is 5.04. The second-order valence-corrected chi connectivity index (χ2v) is 8.31. The predicted octanol–water partition coefficient (Wildman–Crippen LogP) is 4.76. The molecule has 158 valence electrons. The van der Waals surface area contributed by atoms with Gasteiger partial charge in [0.1, 0.15) is 5.82 Å². The molecule has 1 saturated heterocycles. The van der Waals surface area contributed by atoms with Crippen LogP contribution in [-0.4, -0.2) is 46.6 Å². The fourth-order valence-corrected chi connectivity index (χ4v) is 4.52. The van der Waals surface area contributed by atoms with Crippen LogP contribution in [0.1, 0.15) is 18.1 Å². The summed E-state index contributed by atoms with van der Waals surface area (Å²) >= 11 is 1.39. The highest BCUT2D eigenvalue weighted by Crippen LogP contribution is 2.36. The zero-order valence-electron chi connectivity index (χ0n) is 16.4. The Labute approximate surface area is 175 Å². The lowest BCUT2D eigenvalue weighted by Gasteiger charge is -2.40. The van der Waals surface area contributed by atoms with Crippen LogP contribution in [0.5, 0.6) is 0 Å². The Morgan fingerprint density at radius 1 is 1.27 bits per heavy atom. The minimum Gasteiger partial charge on any atom is -0.352 e. The van der Waals surface area contributed by atoms with Crippen molar-refractivity contribution in [2.45, 2.75) is 26.1 Å². The van der Waals surface area contributed by atoms with E-state index in [2.05, 4.69) is 15.3 Å². The number of piperazine rings is 1. The number of benzene rings is 1. The number of pyridine rings is 1. The Bertz CT molecular complexity index is 1080. The van der Waals surface area contributed by atoms with Gasteiger partial charge in [-0.25, -0.2) is 14.8 Å². The lowest BCUT2D eigenvalue weighted by Crippen LogP contribution is -2.55. The van der Waals surface area contributed by atoms with Gasteiger partial charge in [0.15, 0.2) is 5.13 Å². The number of aryl methyl sites for hydroxylation is 1. The molecule has 2 aromatic heterocycles.